The number of nitrogens with two attached hydrogens (primary N) is 1. The Morgan fingerprint density at radius 3 is 2.94 bits per heavy atom. The van der Waals surface area contributed by atoms with Crippen LogP contribution in [0.2, 0.25) is 0 Å². The predicted molar refractivity (Wildman–Crippen MR) is 66.7 cm³/mol. The van der Waals surface area contributed by atoms with Crippen LogP contribution in [0, 0.1) is 0 Å². The summed E-state index contributed by atoms with van der Waals surface area (Å²) in [6, 6.07) is 8.99. The van der Waals surface area contributed by atoms with Crippen LogP contribution in [0.15, 0.2) is 47.9 Å². The standard InChI is InChI=1S/C12H14N4O2/c13-12(15-17)10-4-1-2-5-11(10)18-9-8-16-7-3-6-14-16/h1-7,17H,8-9H2,(H2,13,15). The average Bonchev–Trinajstić information content (AvgIpc) is 2.92. The lowest BCUT2D eigenvalue weighted by Crippen LogP contribution is -2.16. The lowest BCUT2D eigenvalue weighted by Gasteiger charge is -2.10. The molecular formula is C12H14N4O2. The fourth-order valence-corrected chi connectivity index (χ4v) is 1.54. The number of aromatic nitrogens is 2. The van der Waals surface area contributed by atoms with E-state index in [1.165, 1.54) is 0 Å². The number of hydrogen-bond acceptors (Lipinski definition) is 4. The van der Waals surface area contributed by atoms with Crippen molar-refractivity contribution >= 4 is 5.84 Å². The van der Waals surface area contributed by atoms with Crippen molar-refractivity contribution in [2.75, 3.05) is 6.61 Å². The number of oxime groups is 1. The third-order valence-corrected chi connectivity index (χ3v) is 2.41. The number of para-hydroxylation sites is 1. The molecule has 0 saturated carbocycles. The van der Waals surface area contributed by atoms with Gasteiger partial charge in [0.1, 0.15) is 12.4 Å². The number of benzene rings is 1. The van der Waals surface area contributed by atoms with Gasteiger partial charge >= 0.3 is 0 Å². The van der Waals surface area contributed by atoms with Crippen LogP contribution >= 0.6 is 0 Å². The smallest absolute Gasteiger partial charge is 0.173 e. The summed E-state index contributed by atoms with van der Waals surface area (Å²) in [7, 11) is 0. The molecule has 0 bridgehead atoms. The number of ether oxygens (including phenoxy) is 1. The van der Waals surface area contributed by atoms with Gasteiger partial charge < -0.3 is 15.7 Å². The maximum atomic E-state index is 8.68. The van der Waals surface area contributed by atoms with Crippen molar-refractivity contribution < 1.29 is 9.94 Å². The van der Waals surface area contributed by atoms with Crippen molar-refractivity contribution in [1.82, 2.24) is 9.78 Å². The minimum absolute atomic E-state index is 0.0321. The first kappa shape index (κ1) is 12.0. The molecule has 1 aromatic heterocycles. The molecule has 0 aliphatic heterocycles. The Kier molecular flexibility index (Phi) is 3.80. The number of rotatable bonds is 5. The van der Waals surface area contributed by atoms with Crippen molar-refractivity contribution in [3.05, 3.63) is 48.3 Å². The van der Waals surface area contributed by atoms with E-state index in [2.05, 4.69) is 10.3 Å². The molecule has 0 spiro atoms. The van der Waals surface area contributed by atoms with Crippen molar-refractivity contribution in [3.8, 4) is 5.75 Å². The molecule has 0 aliphatic carbocycles. The van der Waals surface area contributed by atoms with Gasteiger partial charge in [-0.15, -0.1) is 0 Å². The largest absolute Gasteiger partial charge is 0.491 e. The van der Waals surface area contributed by atoms with Crippen molar-refractivity contribution in [3.63, 3.8) is 0 Å². The van der Waals surface area contributed by atoms with Gasteiger partial charge in [-0.25, -0.2) is 0 Å². The van der Waals surface area contributed by atoms with Gasteiger partial charge in [0.15, 0.2) is 5.84 Å². The first-order valence-corrected chi connectivity index (χ1v) is 5.48. The fourth-order valence-electron chi connectivity index (χ4n) is 1.54. The zero-order valence-corrected chi connectivity index (χ0v) is 9.73. The van der Waals surface area contributed by atoms with E-state index in [1.54, 1.807) is 29.1 Å². The van der Waals surface area contributed by atoms with E-state index >= 15 is 0 Å². The summed E-state index contributed by atoms with van der Waals surface area (Å²) < 4.78 is 7.37. The monoisotopic (exact) mass is 246 g/mol. The van der Waals surface area contributed by atoms with Gasteiger partial charge in [0, 0.05) is 12.4 Å². The molecule has 0 amide bonds. The summed E-state index contributed by atoms with van der Waals surface area (Å²) in [6.07, 6.45) is 3.57. The van der Waals surface area contributed by atoms with Gasteiger partial charge in [0.05, 0.1) is 12.1 Å². The predicted octanol–water partition coefficient (Wildman–Crippen LogP) is 1.06. The van der Waals surface area contributed by atoms with Crippen LogP contribution in [-0.4, -0.2) is 27.4 Å². The van der Waals surface area contributed by atoms with Gasteiger partial charge in [0.2, 0.25) is 0 Å². The molecule has 2 aromatic rings. The second-order valence-corrected chi connectivity index (χ2v) is 3.60. The second-order valence-electron chi connectivity index (χ2n) is 3.60. The summed E-state index contributed by atoms with van der Waals surface area (Å²) >= 11 is 0. The first-order valence-electron chi connectivity index (χ1n) is 5.48. The van der Waals surface area contributed by atoms with Crippen LogP contribution in [-0.2, 0) is 6.54 Å². The van der Waals surface area contributed by atoms with E-state index in [1.807, 2.05) is 18.3 Å². The topological polar surface area (TPSA) is 85.7 Å². The Morgan fingerprint density at radius 2 is 2.22 bits per heavy atom. The van der Waals surface area contributed by atoms with Crippen LogP contribution in [0.3, 0.4) is 0 Å². The zero-order chi connectivity index (χ0) is 12.8. The van der Waals surface area contributed by atoms with Gasteiger partial charge in [0.25, 0.3) is 0 Å². The Labute approximate surface area is 104 Å². The van der Waals surface area contributed by atoms with Crippen LogP contribution in [0.25, 0.3) is 0 Å². The summed E-state index contributed by atoms with van der Waals surface area (Å²) in [5.41, 5.74) is 6.13. The SMILES string of the molecule is N/C(=N\O)c1ccccc1OCCn1cccn1. The quantitative estimate of drug-likeness (QED) is 0.357. The molecule has 0 unspecified atom stereocenters. The Balaban J connectivity index is 2.01. The number of hydrogen-bond donors (Lipinski definition) is 2. The average molecular weight is 246 g/mol. The minimum atomic E-state index is 0.0321. The van der Waals surface area contributed by atoms with Crippen molar-refractivity contribution in [2.45, 2.75) is 6.54 Å². The molecule has 6 nitrogen and oxygen atoms in total. The maximum Gasteiger partial charge on any atom is 0.173 e. The third kappa shape index (κ3) is 2.79. The molecule has 0 aliphatic rings. The van der Waals surface area contributed by atoms with Crippen LogP contribution in [0.1, 0.15) is 5.56 Å². The highest BCUT2D eigenvalue weighted by atomic mass is 16.5. The molecule has 2 rings (SSSR count). The van der Waals surface area contributed by atoms with E-state index in [9.17, 15) is 0 Å². The highest BCUT2D eigenvalue weighted by Gasteiger charge is 2.07. The fraction of sp³-hybridized carbons (Fsp3) is 0.167. The Hall–Kier alpha value is -2.50. The van der Waals surface area contributed by atoms with E-state index in [0.717, 1.165) is 0 Å². The number of amidine groups is 1. The van der Waals surface area contributed by atoms with Crippen LogP contribution in [0.4, 0.5) is 0 Å². The summed E-state index contributed by atoms with van der Waals surface area (Å²) in [4.78, 5) is 0. The van der Waals surface area contributed by atoms with E-state index in [-0.39, 0.29) is 5.84 Å². The van der Waals surface area contributed by atoms with Gasteiger partial charge in [-0.3, -0.25) is 4.68 Å². The summed E-state index contributed by atoms with van der Waals surface area (Å²) in [5, 5.41) is 15.7. The van der Waals surface area contributed by atoms with Crippen LogP contribution < -0.4 is 10.5 Å². The minimum Gasteiger partial charge on any atom is -0.491 e. The molecular weight excluding hydrogens is 232 g/mol. The first-order chi connectivity index (χ1) is 8.81. The molecule has 3 N–H and O–H groups in total. The molecule has 94 valence electrons. The second kappa shape index (κ2) is 5.72. The van der Waals surface area contributed by atoms with Crippen molar-refractivity contribution in [2.24, 2.45) is 10.9 Å². The molecule has 0 saturated heterocycles. The van der Waals surface area contributed by atoms with E-state index in [0.29, 0.717) is 24.5 Å². The van der Waals surface area contributed by atoms with Gasteiger partial charge in [-0.2, -0.15) is 5.10 Å². The summed E-state index contributed by atoms with van der Waals surface area (Å²) in [6.45, 7) is 1.09. The van der Waals surface area contributed by atoms with Gasteiger partial charge in [-0.05, 0) is 18.2 Å². The zero-order valence-electron chi connectivity index (χ0n) is 9.73. The molecule has 0 radical (unpaired) electrons. The highest BCUT2D eigenvalue weighted by Crippen LogP contribution is 2.17. The van der Waals surface area contributed by atoms with Crippen molar-refractivity contribution in [1.29, 1.82) is 0 Å². The molecule has 1 aromatic carbocycles. The lowest BCUT2D eigenvalue weighted by molar-refractivity contribution is 0.289. The maximum absolute atomic E-state index is 8.68. The third-order valence-electron chi connectivity index (χ3n) is 2.41. The van der Waals surface area contributed by atoms with E-state index in [4.69, 9.17) is 15.7 Å². The molecule has 18 heavy (non-hydrogen) atoms. The van der Waals surface area contributed by atoms with Crippen LogP contribution in [0.5, 0.6) is 5.75 Å². The molecule has 1 heterocycles. The normalized spacial score (nSPS) is 11.4. The van der Waals surface area contributed by atoms with Gasteiger partial charge in [-0.1, -0.05) is 17.3 Å². The number of nitrogens with zero attached hydrogens (tertiary/aromatic N) is 3. The molecule has 6 heteroatoms. The lowest BCUT2D eigenvalue weighted by atomic mass is 10.2. The molecule has 0 atom stereocenters. The highest BCUT2D eigenvalue weighted by molar-refractivity contribution is 5.99. The Morgan fingerprint density at radius 1 is 1.39 bits per heavy atom. The molecule has 0 fully saturated rings. The summed E-state index contributed by atoms with van der Waals surface area (Å²) in [5.74, 6) is 0.615. The Bertz CT molecular complexity index is 523. The van der Waals surface area contributed by atoms with E-state index < -0.39 is 0 Å².